The van der Waals surface area contributed by atoms with Crippen molar-refractivity contribution in [1.29, 1.82) is 0 Å². The molecule has 0 atom stereocenters. The van der Waals surface area contributed by atoms with Crippen molar-refractivity contribution in [1.82, 2.24) is 9.80 Å². The number of carbonyl (C=O) groups is 2. The molecule has 2 aromatic carbocycles. The summed E-state index contributed by atoms with van der Waals surface area (Å²) in [5.74, 6) is 1.83. The molecule has 0 aromatic heterocycles. The first-order valence-electron chi connectivity index (χ1n) is 11.2. The van der Waals surface area contributed by atoms with Crippen LogP contribution in [0.4, 0.5) is 10.5 Å². The summed E-state index contributed by atoms with van der Waals surface area (Å²) in [6, 6.07) is 15.8. The van der Waals surface area contributed by atoms with Gasteiger partial charge in [-0.05, 0) is 42.9 Å². The minimum atomic E-state index is -0.149. The maximum Gasteiger partial charge on any atom is 0.325 e. The molecule has 32 heavy (non-hydrogen) atoms. The first kappa shape index (κ1) is 22.0. The Balaban J connectivity index is 1.29. The molecule has 2 aromatic rings. The Morgan fingerprint density at radius 1 is 0.938 bits per heavy atom. The van der Waals surface area contributed by atoms with Gasteiger partial charge in [-0.25, -0.2) is 4.79 Å². The molecule has 0 radical (unpaired) electrons. The summed E-state index contributed by atoms with van der Waals surface area (Å²) in [5, 5.41) is 0. The van der Waals surface area contributed by atoms with E-state index in [-0.39, 0.29) is 18.5 Å². The Morgan fingerprint density at radius 3 is 2.34 bits per heavy atom. The van der Waals surface area contributed by atoms with Gasteiger partial charge in [0, 0.05) is 37.9 Å². The monoisotopic (exact) mass is 437 g/mol. The maximum atomic E-state index is 12.9. The lowest BCUT2D eigenvalue weighted by Crippen LogP contribution is -2.45. The van der Waals surface area contributed by atoms with Crippen molar-refractivity contribution in [2.45, 2.75) is 19.3 Å². The topological polar surface area (TPSA) is 62.3 Å². The summed E-state index contributed by atoms with van der Waals surface area (Å²) < 4.78 is 10.6. The molecule has 0 spiro atoms. The smallest absolute Gasteiger partial charge is 0.325 e. The predicted molar refractivity (Wildman–Crippen MR) is 123 cm³/mol. The number of hydrogen-bond acceptors (Lipinski definition) is 4. The van der Waals surface area contributed by atoms with Gasteiger partial charge in [0.1, 0.15) is 6.54 Å². The molecule has 0 saturated carbocycles. The van der Waals surface area contributed by atoms with Gasteiger partial charge < -0.3 is 19.3 Å². The Labute approximate surface area is 189 Å². The molecular formula is C25H31N3O4. The fourth-order valence-electron chi connectivity index (χ4n) is 4.56. The molecule has 2 saturated heterocycles. The molecule has 0 N–H and O–H groups in total. The lowest BCUT2D eigenvalue weighted by atomic mass is 9.90. The van der Waals surface area contributed by atoms with Crippen LogP contribution in [0.2, 0.25) is 0 Å². The van der Waals surface area contributed by atoms with Crippen LogP contribution < -0.4 is 14.4 Å². The Kier molecular flexibility index (Phi) is 6.83. The maximum absolute atomic E-state index is 12.9. The van der Waals surface area contributed by atoms with E-state index in [4.69, 9.17) is 9.47 Å². The van der Waals surface area contributed by atoms with Crippen molar-refractivity contribution in [2.75, 3.05) is 51.8 Å². The van der Waals surface area contributed by atoms with E-state index in [2.05, 4.69) is 24.3 Å². The zero-order chi connectivity index (χ0) is 22.5. The van der Waals surface area contributed by atoms with Gasteiger partial charge in [0.15, 0.2) is 11.5 Å². The average Bonchev–Trinajstić information content (AvgIpc) is 3.19. The van der Waals surface area contributed by atoms with Crippen molar-refractivity contribution in [2.24, 2.45) is 5.92 Å². The Morgan fingerprint density at radius 2 is 1.66 bits per heavy atom. The van der Waals surface area contributed by atoms with Crippen LogP contribution in [0.25, 0.3) is 0 Å². The van der Waals surface area contributed by atoms with Crippen molar-refractivity contribution in [3.63, 3.8) is 0 Å². The number of piperidine rings is 1. The summed E-state index contributed by atoms with van der Waals surface area (Å²) in [6.45, 7) is 2.73. The second-order valence-corrected chi connectivity index (χ2v) is 8.41. The molecular weight excluding hydrogens is 406 g/mol. The summed E-state index contributed by atoms with van der Waals surface area (Å²) in [6.07, 6.45) is 3.08. The molecule has 2 heterocycles. The molecule has 0 unspecified atom stereocenters. The Hall–Kier alpha value is -3.22. The van der Waals surface area contributed by atoms with E-state index in [1.807, 2.05) is 17.0 Å². The second kappa shape index (κ2) is 9.94. The van der Waals surface area contributed by atoms with Crippen LogP contribution in [0.5, 0.6) is 11.5 Å². The summed E-state index contributed by atoms with van der Waals surface area (Å²) in [5.41, 5.74) is 2.10. The molecule has 2 aliphatic heterocycles. The minimum absolute atomic E-state index is 0.0330. The van der Waals surface area contributed by atoms with Crippen molar-refractivity contribution in [3.8, 4) is 11.5 Å². The van der Waals surface area contributed by atoms with Crippen LogP contribution in [0.1, 0.15) is 18.4 Å². The number of methoxy groups -OCH3 is 2. The molecule has 4 rings (SSSR count). The normalized spacial score (nSPS) is 17.1. The molecule has 2 aliphatic rings. The van der Waals surface area contributed by atoms with Gasteiger partial charge in [-0.1, -0.05) is 30.3 Å². The van der Waals surface area contributed by atoms with E-state index >= 15 is 0 Å². The molecule has 170 valence electrons. The van der Waals surface area contributed by atoms with Gasteiger partial charge in [-0.15, -0.1) is 0 Å². The van der Waals surface area contributed by atoms with E-state index in [0.29, 0.717) is 30.5 Å². The van der Waals surface area contributed by atoms with Gasteiger partial charge in [0.25, 0.3) is 0 Å². The highest BCUT2D eigenvalue weighted by Gasteiger charge is 2.33. The molecule has 3 amide bonds. The fraction of sp³-hybridized carbons (Fsp3) is 0.440. The molecule has 7 nitrogen and oxygen atoms in total. The van der Waals surface area contributed by atoms with Gasteiger partial charge >= 0.3 is 6.03 Å². The summed E-state index contributed by atoms with van der Waals surface area (Å²) in [4.78, 5) is 31.0. The third-order valence-corrected chi connectivity index (χ3v) is 6.43. The number of anilines is 1. The van der Waals surface area contributed by atoms with E-state index in [1.165, 1.54) is 5.56 Å². The Bertz CT molecular complexity index is 941. The van der Waals surface area contributed by atoms with E-state index in [0.717, 1.165) is 38.0 Å². The first-order chi connectivity index (χ1) is 15.6. The number of carbonyl (C=O) groups excluding carboxylic acids is 2. The zero-order valence-electron chi connectivity index (χ0n) is 18.8. The van der Waals surface area contributed by atoms with E-state index in [9.17, 15) is 9.59 Å². The van der Waals surface area contributed by atoms with Crippen LogP contribution >= 0.6 is 0 Å². The molecule has 7 heteroatoms. The highest BCUT2D eigenvalue weighted by atomic mass is 16.5. The largest absolute Gasteiger partial charge is 0.493 e. The summed E-state index contributed by atoms with van der Waals surface area (Å²) >= 11 is 0. The second-order valence-electron chi connectivity index (χ2n) is 8.41. The number of nitrogens with zero attached hydrogens (tertiary/aromatic N) is 3. The highest BCUT2D eigenvalue weighted by molar-refractivity contribution is 5.96. The number of rotatable bonds is 7. The zero-order valence-corrected chi connectivity index (χ0v) is 18.8. The van der Waals surface area contributed by atoms with Gasteiger partial charge in [-0.2, -0.15) is 0 Å². The van der Waals surface area contributed by atoms with Crippen molar-refractivity contribution >= 4 is 17.6 Å². The van der Waals surface area contributed by atoms with Crippen LogP contribution in [0, 0.1) is 5.92 Å². The van der Waals surface area contributed by atoms with E-state index in [1.54, 1.807) is 36.2 Å². The van der Waals surface area contributed by atoms with Crippen molar-refractivity contribution in [3.05, 3.63) is 54.1 Å². The average molecular weight is 438 g/mol. The van der Waals surface area contributed by atoms with Crippen LogP contribution in [-0.2, 0) is 11.2 Å². The molecule has 0 aliphatic carbocycles. The van der Waals surface area contributed by atoms with E-state index < -0.39 is 0 Å². The highest BCUT2D eigenvalue weighted by Crippen LogP contribution is 2.33. The fourth-order valence-corrected chi connectivity index (χ4v) is 4.56. The summed E-state index contributed by atoms with van der Waals surface area (Å²) in [7, 11) is 3.15. The number of ether oxygens (including phenoxy) is 2. The predicted octanol–water partition coefficient (Wildman–Crippen LogP) is 3.43. The van der Waals surface area contributed by atoms with Crippen LogP contribution in [0.15, 0.2) is 48.5 Å². The third-order valence-electron chi connectivity index (χ3n) is 6.43. The number of likely N-dealkylation sites (tertiary alicyclic amines) is 1. The first-order valence-corrected chi connectivity index (χ1v) is 11.2. The lowest BCUT2D eigenvalue weighted by Gasteiger charge is -2.33. The van der Waals surface area contributed by atoms with Gasteiger partial charge in [0.2, 0.25) is 5.91 Å². The SMILES string of the molecule is COc1ccc(N2CCN(CC(=O)N3CCC(Cc4ccccc4)CC3)C2=O)cc1OC. The van der Waals surface area contributed by atoms with Crippen LogP contribution in [0.3, 0.4) is 0 Å². The van der Waals surface area contributed by atoms with Crippen LogP contribution in [-0.4, -0.2) is 68.7 Å². The molecule has 0 bridgehead atoms. The van der Waals surface area contributed by atoms with Gasteiger partial charge in [0.05, 0.1) is 14.2 Å². The number of hydrogen-bond donors (Lipinski definition) is 0. The number of benzene rings is 2. The minimum Gasteiger partial charge on any atom is -0.493 e. The third kappa shape index (κ3) is 4.82. The molecule has 2 fully saturated rings. The number of amides is 3. The standard InChI is InChI=1S/C25H31N3O4/c1-31-22-9-8-21(17-23(22)32-2)28-15-14-27(25(28)30)18-24(29)26-12-10-20(11-13-26)16-19-6-4-3-5-7-19/h3-9,17,20H,10-16,18H2,1-2H3. The quantitative estimate of drug-likeness (QED) is 0.666. The van der Waals surface area contributed by atoms with Gasteiger partial charge in [-0.3, -0.25) is 9.69 Å². The lowest BCUT2D eigenvalue weighted by molar-refractivity contribution is -0.133. The van der Waals surface area contributed by atoms with Crippen molar-refractivity contribution < 1.29 is 19.1 Å². The number of urea groups is 1.